The summed E-state index contributed by atoms with van der Waals surface area (Å²) in [6.45, 7) is 5.75. The van der Waals surface area contributed by atoms with Gasteiger partial charge in [-0.15, -0.1) is 0 Å². The highest BCUT2D eigenvalue weighted by Gasteiger charge is 2.13. The highest BCUT2D eigenvalue weighted by atomic mass is 16.5. The maximum atomic E-state index is 11.7. The molecule has 0 atom stereocenters. The number of ether oxygens (including phenoxy) is 1. The van der Waals surface area contributed by atoms with Gasteiger partial charge in [0.25, 0.3) is 0 Å². The van der Waals surface area contributed by atoms with Crippen LogP contribution in [0.5, 0.6) is 0 Å². The van der Waals surface area contributed by atoms with E-state index in [4.69, 9.17) is 4.74 Å². The molecule has 0 heterocycles. The zero-order valence-electron chi connectivity index (χ0n) is 10.8. The summed E-state index contributed by atoms with van der Waals surface area (Å²) in [5.74, 6) is -0.446. The molecule has 5 nitrogen and oxygen atoms in total. The van der Waals surface area contributed by atoms with Crippen LogP contribution < -0.4 is 10.6 Å². The van der Waals surface area contributed by atoms with Gasteiger partial charge in [-0.3, -0.25) is 0 Å². The molecule has 0 unspecified atom stereocenters. The van der Waals surface area contributed by atoms with E-state index in [0.717, 1.165) is 0 Å². The Balaban J connectivity index is 2.82. The number of urea groups is 1. The lowest BCUT2D eigenvalue weighted by Gasteiger charge is -2.12. The molecule has 98 valence electrons. The topological polar surface area (TPSA) is 67.4 Å². The summed E-state index contributed by atoms with van der Waals surface area (Å²) in [6.07, 6.45) is 0. The molecule has 18 heavy (non-hydrogen) atoms. The average Bonchev–Trinajstić information content (AvgIpc) is 2.28. The van der Waals surface area contributed by atoms with Crippen molar-refractivity contribution in [1.82, 2.24) is 5.32 Å². The molecule has 0 aliphatic rings. The van der Waals surface area contributed by atoms with Crippen LogP contribution >= 0.6 is 0 Å². The Morgan fingerprint density at radius 1 is 1.28 bits per heavy atom. The number of hydrogen-bond acceptors (Lipinski definition) is 3. The van der Waals surface area contributed by atoms with Gasteiger partial charge in [-0.25, -0.2) is 9.59 Å². The van der Waals surface area contributed by atoms with Crippen LogP contribution in [0.4, 0.5) is 10.5 Å². The molecule has 5 heteroatoms. The maximum Gasteiger partial charge on any atom is 0.340 e. The number of anilines is 1. The minimum Gasteiger partial charge on any atom is -0.462 e. The Labute approximate surface area is 107 Å². The second-order valence-corrected chi connectivity index (χ2v) is 4.02. The highest BCUT2D eigenvalue weighted by Crippen LogP contribution is 2.16. The van der Waals surface area contributed by atoms with Crippen LogP contribution in [-0.2, 0) is 4.74 Å². The predicted molar refractivity (Wildman–Crippen MR) is 69.7 cm³/mol. The standard InChI is InChI=1S/C13H18N2O3/c1-4-18-12(16)10-7-5-6-8-11(10)15-13(17)14-9(2)3/h5-9H,4H2,1-3H3,(H2,14,15,17). The number of amides is 2. The van der Waals surface area contributed by atoms with Crippen LogP contribution in [0.3, 0.4) is 0 Å². The van der Waals surface area contributed by atoms with Crippen molar-refractivity contribution in [1.29, 1.82) is 0 Å². The summed E-state index contributed by atoms with van der Waals surface area (Å²) in [7, 11) is 0. The first-order valence-corrected chi connectivity index (χ1v) is 5.88. The Morgan fingerprint density at radius 2 is 1.94 bits per heavy atom. The Hall–Kier alpha value is -2.04. The van der Waals surface area contributed by atoms with Crippen LogP contribution in [0.15, 0.2) is 24.3 Å². The fraction of sp³-hybridized carbons (Fsp3) is 0.385. The van der Waals surface area contributed by atoms with Gasteiger partial charge in [0.15, 0.2) is 0 Å². The van der Waals surface area contributed by atoms with Gasteiger partial charge in [0.2, 0.25) is 0 Å². The number of hydrogen-bond donors (Lipinski definition) is 2. The molecule has 1 rings (SSSR count). The zero-order chi connectivity index (χ0) is 13.5. The number of nitrogens with one attached hydrogen (secondary N) is 2. The largest absolute Gasteiger partial charge is 0.462 e. The summed E-state index contributed by atoms with van der Waals surface area (Å²) in [5.41, 5.74) is 0.785. The van der Waals surface area contributed by atoms with Gasteiger partial charge in [0, 0.05) is 6.04 Å². The van der Waals surface area contributed by atoms with Crippen LogP contribution in [-0.4, -0.2) is 24.6 Å². The van der Waals surface area contributed by atoms with E-state index >= 15 is 0 Å². The van der Waals surface area contributed by atoms with Gasteiger partial charge in [-0.05, 0) is 32.9 Å². The van der Waals surface area contributed by atoms with Crippen LogP contribution in [0, 0.1) is 0 Å². The molecule has 2 N–H and O–H groups in total. The number of carbonyl (C=O) groups excluding carboxylic acids is 2. The number of para-hydroxylation sites is 1. The van der Waals surface area contributed by atoms with Gasteiger partial charge in [0.1, 0.15) is 0 Å². The lowest BCUT2D eigenvalue weighted by atomic mass is 10.2. The molecule has 0 saturated carbocycles. The van der Waals surface area contributed by atoms with E-state index in [0.29, 0.717) is 17.9 Å². The van der Waals surface area contributed by atoms with Crippen LogP contribution in [0.1, 0.15) is 31.1 Å². The molecule has 2 amide bonds. The lowest BCUT2D eigenvalue weighted by Crippen LogP contribution is -2.34. The second-order valence-electron chi connectivity index (χ2n) is 4.02. The monoisotopic (exact) mass is 250 g/mol. The zero-order valence-corrected chi connectivity index (χ0v) is 10.8. The first-order valence-electron chi connectivity index (χ1n) is 5.88. The third-order valence-corrected chi connectivity index (χ3v) is 2.09. The van der Waals surface area contributed by atoms with Crippen LogP contribution in [0.25, 0.3) is 0 Å². The van der Waals surface area contributed by atoms with Gasteiger partial charge in [0.05, 0.1) is 17.9 Å². The predicted octanol–water partition coefficient (Wildman–Crippen LogP) is 2.39. The van der Waals surface area contributed by atoms with E-state index in [1.54, 1.807) is 31.2 Å². The van der Waals surface area contributed by atoms with Crippen molar-refractivity contribution >= 4 is 17.7 Å². The molecule has 0 aliphatic heterocycles. The number of benzene rings is 1. The fourth-order valence-corrected chi connectivity index (χ4v) is 1.40. The van der Waals surface area contributed by atoms with E-state index in [2.05, 4.69) is 10.6 Å². The van der Waals surface area contributed by atoms with Crippen molar-refractivity contribution in [3.05, 3.63) is 29.8 Å². The Morgan fingerprint density at radius 3 is 2.56 bits per heavy atom. The average molecular weight is 250 g/mol. The van der Waals surface area contributed by atoms with Crippen molar-refractivity contribution in [2.45, 2.75) is 26.8 Å². The minimum absolute atomic E-state index is 0.0276. The number of carbonyl (C=O) groups is 2. The van der Waals surface area contributed by atoms with Gasteiger partial charge in [-0.2, -0.15) is 0 Å². The van der Waals surface area contributed by atoms with Crippen LogP contribution in [0.2, 0.25) is 0 Å². The molecule has 0 aliphatic carbocycles. The molecule has 0 fully saturated rings. The van der Waals surface area contributed by atoms with E-state index < -0.39 is 5.97 Å². The molecule has 1 aromatic rings. The number of esters is 1. The first-order chi connectivity index (χ1) is 8.54. The van der Waals surface area contributed by atoms with E-state index in [1.807, 2.05) is 13.8 Å². The Kier molecular flexibility index (Phi) is 5.17. The van der Waals surface area contributed by atoms with Gasteiger partial charge < -0.3 is 15.4 Å². The smallest absolute Gasteiger partial charge is 0.340 e. The van der Waals surface area contributed by atoms with Gasteiger partial charge >= 0.3 is 12.0 Å². The third-order valence-electron chi connectivity index (χ3n) is 2.09. The molecular weight excluding hydrogens is 232 g/mol. The van der Waals surface area contributed by atoms with Crippen molar-refractivity contribution in [2.24, 2.45) is 0 Å². The Bertz CT molecular complexity index is 430. The summed E-state index contributed by atoms with van der Waals surface area (Å²) >= 11 is 0. The highest BCUT2D eigenvalue weighted by molar-refractivity contribution is 6.00. The lowest BCUT2D eigenvalue weighted by molar-refractivity contribution is 0.0527. The quantitative estimate of drug-likeness (QED) is 0.806. The third kappa shape index (κ3) is 4.08. The van der Waals surface area contributed by atoms with Crippen molar-refractivity contribution in [3.8, 4) is 0 Å². The van der Waals surface area contributed by atoms with E-state index in [1.165, 1.54) is 0 Å². The molecule has 0 aromatic heterocycles. The molecule has 0 radical (unpaired) electrons. The summed E-state index contributed by atoms with van der Waals surface area (Å²) in [4.78, 5) is 23.3. The summed E-state index contributed by atoms with van der Waals surface area (Å²) in [6, 6.07) is 6.42. The minimum atomic E-state index is -0.446. The van der Waals surface area contributed by atoms with Gasteiger partial charge in [-0.1, -0.05) is 12.1 Å². The first kappa shape index (κ1) is 14.0. The molecule has 0 saturated heterocycles. The number of rotatable bonds is 4. The van der Waals surface area contributed by atoms with E-state index in [9.17, 15) is 9.59 Å². The second kappa shape index (κ2) is 6.64. The molecule has 0 bridgehead atoms. The van der Waals surface area contributed by atoms with Crippen molar-refractivity contribution in [2.75, 3.05) is 11.9 Å². The normalized spacial score (nSPS) is 10.0. The molecular formula is C13H18N2O3. The van der Waals surface area contributed by atoms with E-state index in [-0.39, 0.29) is 12.1 Å². The summed E-state index contributed by atoms with van der Waals surface area (Å²) in [5, 5.41) is 5.32. The fourth-order valence-electron chi connectivity index (χ4n) is 1.40. The molecule has 1 aromatic carbocycles. The maximum absolute atomic E-state index is 11.7. The van der Waals surface area contributed by atoms with Crippen molar-refractivity contribution < 1.29 is 14.3 Å². The summed E-state index contributed by atoms with van der Waals surface area (Å²) < 4.78 is 4.92. The SMILES string of the molecule is CCOC(=O)c1ccccc1NC(=O)NC(C)C. The van der Waals surface area contributed by atoms with Crippen molar-refractivity contribution in [3.63, 3.8) is 0 Å². The molecule has 0 spiro atoms.